The van der Waals surface area contributed by atoms with Crippen LogP contribution < -0.4 is 10.1 Å². The third-order valence-corrected chi connectivity index (χ3v) is 6.95. The van der Waals surface area contributed by atoms with Gasteiger partial charge in [0, 0.05) is 18.7 Å². The van der Waals surface area contributed by atoms with Gasteiger partial charge in [-0.05, 0) is 44.4 Å². The van der Waals surface area contributed by atoms with Crippen LogP contribution in [-0.2, 0) is 22.6 Å². The normalized spacial score (nSPS) is 20.7. The van der Waals surface area contributed by atoms with Crippen LogP contribution in [0.2, 0.25) is 0 Å². The quantitative estimate of drug-likeness (QED) is 0.480. The summed E-state index contributed by atoms with van der Waals surface area (Å²) < 4.78 is 11.8. The number of aromatic nitrogens is 2. The average molecular weight is 483 g/mol. The fourth-order valence-electron chi connectivity index (χ4n) is 4.90. The minimum atomic E-state index is -1.19. The first-order chi connectivity index (χ1) is 16.9. The van der Waals surface area contributed by atoms with Gasteiger partial charge in [-0.3, -0.25) is 14.3 Å². The molecule has 0 unspecified atom stereocenters. The Morgan fingerprint density at radius 1 is 1.14 bits per heavy atom. The van der Waals surface area contributed by atoms with Crippen molar-refractivity contribution in [1.29, 1.82) is 0 Å². The van der Waals surface area contributed by atoms with E-state index in [4.69, 9.17) is 9.47 Å². The van der Waals surface area contributed by atoms with Gasteiger partial charge in [0.15, 0.2) is 5.69 Å². The maximum Gasteiger partial charge on any atom is 0.358 e. The van der Waals surface area contributed by atoms with Gasteiger partial charge >= 0.3 is 5.97 Å². The molecular formula is C26H34N4O5. The Balaban J connectivity index is 1.65. The Morgan fingerprint density at radius 2 is 1.83 bits per heavy atom. The summed E-state index contributed by atoms with van der Waals surface area (Å²) in [6, 6.07) is 9.03. The highest BCUT2D eigenvalue weighted by atomic mass is 16.5. The summed E-state index contributed by atoms with van der Waals surface area (Å²) in [6.45, 7) is 4.63. The zero-order valence-corrected chi connectivity index (χ0v) is 20.7. The molecular weight excluding hydrogens is 448 g/mol. The van der Waals surface area contributed by atoms with Crippen molar-refractivity contribution in [2.45, 2.75) is 77.0 Å². The van der Waals surface area contributed by atoms with E-state index in [1.165, 1.54) is 30.7 Å². The number of rotatable bonds is 7. The number of ether oxygens (including phenoxy) is 2. The molecule has 9 nitrogen and oxygen atoms in total. The van der Waals surface area contributed by atoms with E-state index in [0.717, 1.165) is 37.0 Å². The minimum Gasteiger partial charge on any atom is -0.494 e. The average Bonchev–Trinajstić information content (AvgIpc) is 3.11. The number of hydrogen-bond acceptors (Lipinski definition) is 6. The molecule has 1 aromatic heterocycles. The highest BCUT2D eigenvalue weighted by Gasteiger charge is 2.48. The molecule has 2 aliphatic rings. The molecule has 0 saturated heterocycles. The lowest BCUT2D eigenvalue weighted by molar-refractivity contribution is -0.134. The highest BCUT2D eigenvalue weighted by Crippen LogP contribution is 2.31. The van der Waals surface area contributed by atoms with Gasteiger partial charge in [0.05, 0.1) is 20.3 Å². The molecule has 35 heavy (non-hydrogen) atoms. The molecule has 0 spiro atoms. The summed E-state index contributed by atoms with van der Waals surface area (Å²) in [6.07, 6.45) is 6.41. The van der Waals surface area contributed by atoms with Crippen LogP contribution in [0.5, 0.6) is 5.75 Å². The van der Waals surface area contributed by atoms with Gasteiger partial charge in [-0.15, -0.1) is 0 Å². The molecule has 0 bridgehead atoms. The van der Waals surface area contributed by atoms with Crippen molar-refractivity contribution in [1.82, 2.24) is 20.0 Å². The van der Waals surface area contributed by atoms with E-state index in [1.54, 1.807) is 11.8 Å². The molecule has 1 N–H and O–H groups in total. The fourth-order valence-corrected chi connectivity index (χ4v) is 4.90. The van der Waals surface area contributed by atoms with Crippen molar-refractivity contribution in [2.75, 3.05) is 13.7 Å². The van der Waals surface area contributed by atoms with Gasteiger partial charge in [0.25, 0.3) is 5.91 Å². The second-order valence-corrected chi connectivity index (χ2v) is 9.47. The molecule has 2 amide bonds. The molecule has 188 valence electrons. The molecule has 9 heteroatoms. The molecule has 2 aromatic rings. The molecule has 4 rings (SSSR count). The van der Waals surface area contributed by atoms with Gasteiger partial charge in [0.1, 0.15) is 17.0 Å². The standard InChI is InChI=1S/C26H34N4O5/c1-4-35-20-13-11-18(12-14-20)16-29-23(31)22-15-21(24(32)34-3)28-30(22)17-26(29,2)25(33)27-19-9-7-5-6-8-10-19/h11-15,19H,4-10,16-17H2,1-3H3,(H,27,33)/t26-/m0/s1. The number of nitrogens with zero attached hydrogens (tertiary/aromatic N) is 3. The molecule has 1 aromatic carbocycles. The van der Waals surface area contributed by atoms with Gasteiger partial charge < -0.3 is 19.7 Å². The minimum absolute atomic E-state index is 0.0466. The number of amides is 2. The van der Waals surface area contributed by atoms with Gasteiger partial charge in [0.2, 0.25) is 5.91 Å². The van der Waals surface area contributed by atoms with Crippen LogP contribution in [0.25, 0.3) is 0 Å². The van der Waals surface area contributed by atoms with Crippen LogP contribution in [0.1, 0.15) is 78.9 Å². The van der Waals surface area contributed by atoms with E-state index in [-0.39, 0.29) is 42.3 Å². The zero-order valence-electron chi connectivity index (χ0n) is 20.7. The third kappa shape index (κ3) is 5.18. The number of carbonyl (C=O) groups is 3. The number of benzene rings is 1. The topological polar surface area (TPSA) is 103 Å². The smallest absolute Gasteiger partial charge is 0.358 e. The molecule has 1 fully saturated rings. The first-order valence-corrected chi connectivity index (χ1v) is 12.4. The van der Waals surface area contributed by atoms with Crippen molar-refractivity contribution in [3.05, 3.63) is 47.3 Å². The lowest BCUT2D eigenvalue weighted by Crippen LogP contribution is -2.64. The van der Waals surface area contributed by atoms with Gasteiger partial charge in [-0.2, -0.15) is 5.10 Å². The summed E-state index contributed by atoms with van der Waals surface area (Å²) in [4.78, 5) is 41.1. The second kappa shape index (κ2) is 10.5. The number of carbonyl (C=O) groups excluding carboxylic acids is 3. The first kappa shape index (κ1) is 24.8. The van der Waals surface area contributed by atoms with Crippen LogP contribution in [0.4, 0.5) is 0 Å². The van der Waals surface area contributed by atoms with E-state index >= 15 is 0 Å². The van der Waals surface area contributed by atoms with E-state index in [2.05, 4.69) is 10.4 Å². The summed E-state index contributed by atoms with van der Waals surface area (Å²) in [5.41, 5.74) is -0.00758. The Labute approximate surface area is 205 Å². The number of methoxy groups -OCH3 is 1. The monoisotopic (exact) mass is 482 g/mol. The van der Waals surface area contributed by atoms with E-state index in [1.807, 2.05) is 31.2 Å². The van der Waals surface area contributed by atoms with Crippen molar-refractivity contribution >= 4 is 17.8 Å². The van der Waals surface area contributed by atoms with E-state index < -0.39 is 11.5 Å². The molecule has 1 saturated carbocycles. The van der Waals surface area contributed by atoms with Crippen molar-refractivity contribution < 1.29 is 23.9 Å². The predicted molar refractivity (Wildman–Crippen MR) is 129 cm³/mol. The van der Waals surface area contributed by atoms with Crippen LogP contribution >= 0.6 is 0 Å². The first-order valence-electron chi connectivity index (χ1n) is 12.4. The highest BCUT2D eigenvalue weighted by molar-refractivity contribution is 6.01. The second-order valence-electron chi connectivity index (χ2n) is 9.47. The Morgan fingerprint density at radius 3 is 2.46 bits per heavy atom. The van der Waals surface area contributed by atoms with Crippen LogP contribution in [0, 0.1) is 0 Å². The van der Waals surface area contributed by atoms with Crippen molar-refractivity contribution in [3.8, 4) is 5.75 Å². The lowest BCUT2D eigenvalue weighted by atomic mass is 9.93. The third-order valence-electron chi connectivity index (χ3n) is 6.95. The summed E-state index contributed by atoms with van der Waals surface area (Å²) in [5.74, 6) is -0.436. The Kier molecular flexibility index (Phi) is 7.42. The van der Waals surface area contributed by atoms with Crippen LogP contribution in [0.3, 0.4) is 0 Å². The van der Waals surface area contributed by atoms with Crippen LogP contribution in [0.15, 0.2) is 30.3 Å². The predicted octanol–water partition coefficient (Wildman–Crippen LogP) is 3.32. The molecule has 1 aliphatic carbocycles. The zero-order chi connectivity index (χ0) is 25.0. The number of fused-ring (bicyclic) bond motifs is 1. The Bertz CT molecular complexity index is 1070. The molecule has 1 atom stereocenters. The van der Waals surface area contributed by atoms with Crippen molar-refractivity contribution in [2.24, 2.45) is 0 Å². The van der Waals surface area contributed by atoms with Crippen LogP contribution in [-0.4, -0.2) is 57.8 Å². The molecule has 2 heterocycles. The number of esters is 1. The van der Waals surface area contributed by atoms with Gasteiger partial charge in [-0.25, -0.2) is 4.79 Å². The lowest BCUT2D eigenvalue weighted by Gasteiger charge is -2.44. The van der Waals surface area contributed by atoms with Gasteiger partial charge in [-0.1, -0.05) is 37.8 Å². The summed E-state index contributed by atoms with van der Waals surface area (Å²) >= 11 is 0. The maximum atomic E-state index is 13.7. The largest absolute Gasteiger partial charge is 0.494 e. The number of nitrogens with one attached hydrogen (secondary N) is 1. The maximum absolute atomic E-state index is 13.7. The van der Waals surface area contributed by atoms with E-state index in [9.17, 15) is 14.4 Å². The summed E-state index contributed by atoms with van der Waals surface area (Å²) in [5, 5.41) is 7.50. The van der Waals surface area contributed by atoms with Crippen molar-refractivity contribution in [3.63, 3.8) is 0 Å². The fraction of sp³-hybridized carbons (Fsp3) is 0.538. The summed E-state index contributed by atoms with van der Waals surface area (Å²) in [7, 11) is 1.27. The molecule has 1 aliphatic heterocycles. The Hall–Kier alpha value is -3.36. The molecule has 0 radical (unpaired) electrons. The number of hydrogen-bond donors (Lipinski definition) is 1. The van der Waals surface area contributed by atoms with E-state index in [0.29, 0.717) is 6.61 Å². The SMILES string of the molecule is CCOc1ccc(CN2C(=O)c3cc(C(=O)OC)nn3C[C@@]2(C)C(=O)NC2CCCCCC2)cc1.